The van der Waals surface area contributed by atoms with Crippen molar-refractivity contribution in [3.05, 3.63) is 157 Å². The second kappa shape index (κ2) is 16.0. The SMILES string of the molecule is C[C@@H](COC(=O)N1CCC(N(c2ccccc2)S(=O)(=O)c2ccc(-c3ccccc3)cc2)CC1)N(Cc1ccccc1)Cc1ccccc1. The number of carbonyl (C=O) groups is 1. The zero-order valence-electron chi connectivity index (χ0n) is 27.8. The second-order valence-electron chi connectivity index (χ2n) is 12.5. The lowest BCUT2D eigenvalue weighted by Gasteiger charge is -2.38. The maximum Gasteiger partial charge on any atom is 0.409 e. The predicted octanol–water partition coefficient (Wildman–Crippen LogP) is 8.24. The topological polar surface area (TPSA) is 70.2 Å². The smallest absolute Gasteiger partial charge is 0.409 e. The summed E-state index contributed by atoms with van der Waals surface area (Å²) in [7, 11) is -3.88. The van der Waals surface area contributed by atoms with Crippen molar-refractivity contribution in [1.29, 1.82) is 0 Å². The van der Waals surface area contributed by atoms with Crippen LogP contribution in [-0.2, 0) is 27.8 Å². The minimum atomic E-state index is -3.88. The van der Waals surface area contributed by atoms with Gasteiger partial charge in [0.05, 0.1) is 10.6 Å². The van der Waals surface area contributed by atoms with Gasteiger partial charge in [-0.15, -0.1) is 0 Å². The Hall–Kier alpha value is -4.92. The van der Waals surface area contributed by atoms with Crippen LogP contribution in [0.4, 0.5) is 10.5 Å². The number of ether oxygens (including phenoxy) is 1. The van der Waals surface area contributed by atoms with Crippen LogP contribution < -0.4 is 4.31 Å². The average Bonchev–Trinajstić information content (AvgIpc) is 3.15. The first-order valence-electron chi connectivity index (χ1n) is 16.9. The molecule has 5 aromatic rings. The van der Waals surface area contributed by atoms with Gasteiger partial charge in [0, 0.05) is 38.3 Å². The molecule has 0 bridgehead atoms. The molecule has 1 fully saturated rings. The third-order valence-corrected chi connectivity index (χ3v) is 11.0. The summed E-state index contributed by atoms with van der Waals surface area (Å²) in [5.41, 5.74) is 4.99. The van der Waals surface area contributed by atoms with Crippen LogP contribution in [0, 0.1) is 0 Å². The molecule has 49 heavy (non-hydrogen) atoms. The van der Waals surface area contributed by atoms with Gasteiger partial charge in [0.2, 0.25) is 0 Å². The van der Waals surface area contributed by atoms with Crippen LogP contribution in [0.25, 0.3) is 11.1 Å². The van der Waals surface area contributed by atoms with Crippen LogP contribution in [0.3, 0.4) is 0 Å². The van der Waals surface area contributed by atoms with Crippen molar-refractivity contribution in [3.63, 3.8) is 0 Å². The summed E-state index contributed by atoms with van der Waals surface area (Å²) >= 11 is 0. The summed E-state index contributed by atoms with van der Waals surface area (Å²) in [6, 6.07) is 46.5. The first-order valence-corrected chi connectivity index (χ1v) is 18.3. The molecule has 0 aromatic heterocycles. The normalized spacial score (nSPS) is 14.4. The molecule has 6 rings (SSSR count). The van der Waals surface area contributed by atoms with Crippen LogP contribution >= 0.6 is 0 Å². The fraction of sp³-hybridized carbons (Fsp3) is 0.244. The van der Waals surface area contributed by atoms with Crippen molar-refractivity contribution in [1.82, 2.24) is 9.80 Å². The molecule has 1 aliphatic rings. The lowest BCUT2D eigenvalue weighted by Crippen LogP contribution is -2.49. The highest BCUT2D eigenvalue weighted by Crippen LogP contribution is 2.32. The molecule has 0 saturated carbocycles. The van der Waals surface area contributed by atoms with E-state index >= 15 is 0 Å². The molecule has 1 heterocycles. The standard InChI is InChI=1S/C41H43N3O4S/c1-33(43(30-34-14-6-2-7-15-34)31-35-16-8-3-9-17-35)32-48-41(45)42-28-26-39(27-29-42)44(38-20-12-5-13-21-38)49(46,47)40-24-22-37(23-25-40)36-18-10-4-11-19-36/h2-25,33,39H,26-32H2,1H3/t33-/m0/s1. The Morgan fingerprint density at radius 3 is 1.69 bits per heavy atom. The average molecular weight is 674 g/mol. The molecule has 0 N–H and O–H groups in total. The zero-order chi connectivity index (χ0) is 34.1. The highest BCUT2D eigenvalue weighted by atomic mass is 32.2. The van der Waals surface area contributed by atoms with Gasteiger partial charge in [-0.3, -0.25) is 9.21 Å². The molecule has 252 valence electrons. The Kier molecular flexibility index (Phi) is 11.1. The Balaban J connectivity index is 1.10. The Bertz CT molecular complexity index is 1820. The number of sulfonamides is 1. The van der Waals surface area contributed by atoms with Crippen LogP contribution in [0.1, 0.15) is 30.9 Å². The van der Waals surface area contributed by atoms with E-state index < -0.39 is 10.0 Å². The summed E-state index contributed by atoms with van der Waals surface area (Å²) in [6.45, 7) is 4.61. The van der Waals surface area contributed by atoms with E-state index in [1.165, 1.54) is 11.1 Å². The van der Waals surface area contributed by atoms with Gasteiger partial charge < -0.3 is 9.64 Å². The van der Waals surface area contributed by atoms with Crippen molar-refractivity contribution >= 4 is 21.8 Å². The van der Waals surface area contributed by atoms with Crippen molar-refractivity contribution in [2.45, 2.75) is 49.8 Å². The van der Waals surface area contributed by atoms with Gasteiger partial charge in [-0.2, -0.15) is 0 Å². The number of hydrogen-bond donors (Lipinski definition) is 0. The van der Waals surface area contributed by atoms with E-state index in [0.717, 1.165) is 24.2 Å². The lowest BCUT2D eigenvalue weighted by atomic mass is 10.0. The summed E-state index contributed by atoms with van der Waals surface area (Å²) in [4.78, 5) is 17.6. The number of nitrogens with zero attached hydrogens (tertiary/aromatic N) is 3. The molecule has 7 nitrogen and oxygen atoms in total. The van der Waals surface area contributed by atoms with E-state index in [1.807, 2.05) is 109 Å². The lowest BCUT2D eigenvalue weighted by molar-refractivity contribution is 0.0592. The molecule has 8 heteroatoms. The van der Waals surface area contributed by atoms with Crippen molar-refractivity contribution in [2.75, 3.05) is 24.0 Å². The molecular weight excluding hydrogens is 631 g/mol. The van der Waals surface area contributed by atoms with Crippen molar-refractivity contribution in [2.24, 2.45) is 0 Å². The van der Waals surface area contributed by atoms with E-state index in [0.29, 0.717) is 31.6 Å². The summed E-state index contributed by atoms with van der Waals surface area (Å²) < 4.78 is 35.8. The zero-order valence-corrected chi connectivity index (χ0v) is 28.7. The minimum absolute atomic E-state index is 0.0195. The summed E-state index contributed by atoms with van der Waals surface area (Å²) in [6.07, 6.45) is 0.625. The van der Waals surface area contributed by atoms with Gasteiger partial charge in [-0.25, -0.2) is 13.2 Å². The third kappa shape index (κ3) is 8.57. The number of anilines is 1. The van der Waals surface area contributed by atoms with Crippen LogP contribution in [0.15, 0.2) is 150 Å². The number of carbonyl (C=O) groups excluding carboxylic acids is 1. The number of likely N-dealkylation sites (tertiary alicyclic amines) is 1. The minimum Gasteiger partial charge on any atom is -0.448 e. The van der Waals surface area contributed by atoms with Gasteiger partial charge in [0.25, 0.3) is 10.0 Å². The molecule has 0 spiro atoms. The highest BCUT2D eigenvalue weighted by Gasteiger charge is 2.35. The van der Waals surface area contributed by atoms with Crippen molar-refractivity contribution < 1.29 is 17.9 Å². The van der Waals surface area contributed by atoms with Crippen LogP contribution in [0.5, 0.6) is 0 Å². The number of para-hydroxylation sites is 1. The van der Waals surface area contributed by atoms with Crippen LogP contribution in [0.2, 0.25) is 0 Å². The van der Waals surface area contributed by atoms with Gasteiger partial charge in [-0.1, -0.05) is 121 Å². The number of piperidine rings is 1. The molecule has 0 aliphatic carbocycles. The van der Waals surface area contributed by atoms with Gasteiger partial charge in [-0.05, 0) is 66.3 Å². The van der Waals surface area contributed by atoms with E-state index in [2.05, 4.69) is 36.1 Å². The molecule has 1 saturated heterocycles. The maximum atomic E-state index is 14.2. The van der Waals surface area contributed by atoms with Gasteiger partial charge >= 0.3 is 6.09 Å². The molecule has 5 aromatic carbocycles. The quantitative estimate of drug-likeness (QED) is 0.133. The molecule has 1 aliphatic heterocycles. The summed E-state index contributed by atoms with van der Waals surface area (Å²) in [5, 5.41) is 0. The first kappa shape index (κ1) is 34.0. The Labute approximate surface area is 290 Å². The fourth-order valence-corrected chi connectivity index (χ4v) is 8.07. The monoisotopic (exact) mass is 673 g/mol. The fourth-order valence-electron chi connectivity index (χ4n) is 6.36. The van der Waals surface area contributed by atoms with E-state index in [1.54, 1.807) is 21.3 Å². The van der Waals surface area contributed by atoms with Gasteiger partial charge in [0.15, 0.2) is 0 Å². The van der Waals surface area contributed by atoms with E-state index in [4.69, 9.17) is 4.74 Å². The molecule has 0 radical (unpaired) electrons. The van der Waals surface area contributed by atoms with Gasteiger partial charge in [0.1, 0.15) is 6.61 Å². The number of rotatable bonds is 12. The second-order valence-corrected chi connectivity index (χ2v) is 14.4. The predicted molar refractivity (Wildman–Crippen MR) is 196 cm³/mol. The Morgan fingerprint density at radius 1 is 0.694 bits per heavy atom. The third-order valence-electron chi connectivity index (χ3n) is 9.11. The summed E-state index contributed by atoms with van der Waals surface area (Å²) in [5.74, 6) is 0. The van der Waals surface area contributed by atoms with E-state index in [-0.39, 0.29) is 29.7 Å². The Morgan fingerprint density at radius 2 is 1.16 bits per heavy atom. The van der Waals surface area contributed by atoms with Crippen molar-refractivity contribution in [3.8, 4) is 11.1 Å². The highest BCUT2D eigenvalue weighted by molar-refractivity contribution is 7.92. The molecular formula is C41H43N3O4S. The molecule has 0 unspecified atom stereocenters. The number of benzene rings is 5. The first-order chi connectivity index (χ1) is 23.9. The van der Waals surface area contributed by atoms with E-state index in [9.17, 15) is 13.2 Å². The largest absolute Gasteiger partial charge is 0.448 e. The number of hydrogen-bond acceptors (Lipinski definition) is 5. The van der Waals surface area contributed by atoms with Crippen LogP contribution in [-0.4, -0.2) is 56.1 Å². The maximum absolute atomic E-state index is 14.2. The number of amides is 1. The molecule has 1 amide bonds. The molecule has 1 atom stereocenters.